The third-order valence-electron chi connectivity index (χ3n) is 5.06. The number of hydrogen-bond acceptors (Lipinski definition) is 4. The summed E-state index contributed by atoms with van der Waals surface area (Å²) in [5.41, 5.74) is 1.71. The molecule has 0 radical (unpaired) electrons. The Hall–Kier alpha value is -1.38. The van der Waals surface area contributed by atoms with Gasteiger partial charge in [-0.25, -0.2) is 4.59 Å². The molecule has 1 aliphatic heterocycles. The molecular formula is C18H18BrCl2N3O3. The molecule has 0 amide bonds. The molecule has 0 spiro atoms. The molecule has 6 nitrogen and oxygen atoms in total. The number of piperidine rings is 1. The number of rotatable bonds is 4. The van der Waals surface area contributed by atoms with Crippen molar-refractivity contribution in [2.45, 2.75) is 19.8 Å². The normalized spacial score (nSPS) is 22.6. The maximum absolute atomic E-state index is 12.8. The lowest BCUT2D eigenvalue weighted by Crippen LogP contribution is -2.60. The molecule has 0 aliphatic carbocycles. The van der Waals surface area contributed by atoms with Gasteiger partial charge < -0.3 is 14.9 Å². The van der Waals surface area contributed by atoms with Crippen molar-refractivity contribution in [1.29, 1.82) is 0 Å². The number of Topliss-reactive ketones (excluding diaryl/α,β-unsaturated/α-hetero) is 1. The van der Waals surface area contributed by atoms with Crippen LogP contribution in [-0.4, -0.2) is 29.8 Å². The summed E-state index contributed by atoms with van der Waals surface area (Å²) < 4.78 is 0.672. The van der Waals surface area contributed by atoms with Gasteiger partial charge >= 0.3 is 0 Å². The van der Waals surface area contributed by atoms with Crippen LogP contribution >= 0.6 is 39.1 Å². The fourth-order valence-electron chi connectivity index (χ4n) is 3.44. The molecule has 0 saturated carbocycles. The van der Waals surface area contributed by atoms with Crippen molar-refractivity contribution in [3.8, 4) is 0 Å². The van der Waals surface area contributed by atoms with Crippen LogP contribution in [0.2, 0.25) is 10.0 Å². The Kier molecular flexibility index (Phi) is 5.70. The molecule has 1 aromatic heterocycles. The Morgan fingerprint density at radius 1 is 1.22 bits per heavy atom. The number of nitrogens with two attached hydrogens (primary N) is 1. The van der Waals surface area contributed by atoms with E-state index in [0.29, 0.717) is 52.5 Å². The molecule has 144 valence electrons. The number of aromatic amines is 1. The number of hydrogen-bond donors (Lipinski definition) is 2. The summed E-state index contributed by atoms with van der Waals surface area (Å²) in [6, 6.07) is 4.79. The molecule has 1 saturated heterocycles. The standard InChI is InChI=1S/C18H18BrCl2N3O3/c1-9-14(20)15(21)16(23-9)17(25)10-2-4-24(22,5-3-10)13-7-11(18(26)27)6-12(19)8-13/h6-8,10H,2-5,22H2,1H3,(H-,23,25,26,27). The smallest absolute Gasteiger partial charge is 0.184 e. The highest BCUT2D eigenvalue weighted by atomic mass is 79.9. The molecule has 3 rings (SSSR count). The van der Waals surface area contributed by atoms with E-state index in [0.717, 1.165) is 0 Å². The molecular weight excluding hydrogens is 457 g/mol. The first-order chi connectivity index (χ1) is 12.6. The monoisotopic (exact) mass is 473 g/mol. The van der Waals surface area contributed by atoms with Crippen molar-refractivity contribution in [3.05, 3.63) is 49.7 Å². The molecule has 0 atom stereocenters. The molecule has 1 fully saturated rings. The van der Waals surface area contributed by atoms with Crippen LogP contribution in [0.25, 0.3) is 0 Å². The minimum absolute atomic E-state index is 0.0573. The number of nitrogens with zero attached hydrogens (tertiary/aromatic N) is 1. The number of aromatic carboxylic acids is 1. The summed E-state index contributed by atoms with van der Waals surface area (Å²) in [5, 5.41) is 11.8. The zero-order valence-corrected chi connectivity index (χ0v) is 17.6. The second kappa shape index (κ2) is 7.56. The first-order valence-electron chi connectivity index (χ1n) is 8.38. The predicted molar refractivity (Wildman–Crippen MR) is 107 cm³/mol. The van der Waals surface area contributed by atoms with Gasteiger partial charge in [-0.15, -0.1) is 0 Å². The van der Waals surface area contributed by atoms with E-state index >= 15 is 0 Å². The molecule has 0 unspecified atom stereocenters. The summed E-state index contributed by atoms with van der Waals surface area (Å²) in [6.07, 6.45) is 1.10. The van der Waals surface area contributed by atoms with Gasteiger partial charge in [0.1, 0.15) is 18.8 Å². The maximum Gasteiger partial charge on any atom is 0.184 e. The summed E-state index contributed by atoms with van der Waals surface area (Å²) in [4.78, 5) is 27.0. The number of carbonyl (C=O) groups is 2. The van der Waals surface area contributed by atoms with E-state index in [1.54, 1.807) is 13.0 Å². The summed E-state index contributed by atoms with van der Waals surface area (Å²) in [6.45, 7) is 2.74. The molecule has 0 bridgehead atoms. The van der Waals surface area contributed by atoms with Gasteiger partial charge in [0.2, 0.25) is 0 Å². The van der Waals surface area contributed by atoms with Crippen LogP contribution < -0.4 is 15.5 Å². The van der Waals surface area contributed by atoms with E-state index in [1.165, 1.54) is 12.1 Å². The zero-order chi connectivity index (χ0) is 19.9. The average molecular weight is 475 g/mol. The first-order valence-corrected chi connectivity index (χ1v) is 9.93. The van der Waals surface area contributed by atoms with E-state index in [1.807, 2.05) is 0 Å². The molecule has 2 aromatic rings. The number of aromatic nitrogens is 1. The fraction of sp³-hybridized carbons (Fsp3) is 0.333. The second-order valence-corrected chi connectivity index (χ2v) is 8.53. The number of quaternary nitrogens is 1. The largest absolute Gasteiger partial charge is 0.545 e. The van der Waals surface area contributed by atoms with Crippen molar-refractivity contribution >= 4 is 56.6 Å². The van der Waals surface area contributed by atoms with E-state index in [4.69, 9.17) is 29.0 Å². The van der Waals surface area contributed by atoms with Gasteiger partial charge in [-0.2, -0.15) is 5.84 Å². The van der Waals surface area contributed by atoms with Crippen LogP contribution in [0.5, 0.6) is 0 Å². The van der Waals surface area contributed by atoms with Crippen LogP contribution in [0.4, 0.5) is 5.69 Å². The lowest BCUT2D eigenvalue weighted by atomic mass is 9.90. The van der Waals surface area contributed by atoms with Crippen LogP contribution in [-0.2, 0) is 0 Å². The molecule has 1 aliphatic rings. The lowest BCUT2D eigenvalue weighted by molar-refractivity contribution is -0.255. The topological polar surface area (TPSA) is 99.0 Å². The van der Waals surface area contributed by atoms with Gasteiger partial charge in [0, 0.05) is 46.6 Å². The number of carboxylic acids is 1. The van der Waals surface area contributed by atoms with Crippen molar-refractivity contribution in [1.82, 2.24) is 9.58 Å². The number of nitrogens with one attached hydrogen (secondary N) is 1. The van der Waals surface area contributed by atoms with Gasteiger partial charge in [0.15, 0.2) is 11.5 Å². The zero-order valence-electron chi connectivity index (χ0n) is 14.5. The molecule has 9 heteroatoms. The van der Waals surface area contributed by atoms with Gasteiger partial charge in [-0.1, -0.05) is 39.1 Å². The Balaban J connectivity index is 1.79. The lowest BCUT2D eigenvalue weighted by Gasteiger charge is -2.38. The Morgan fingerprint density at radius 2 is 1.85 bits per heavy atom. The Labute approximate surface area is 174 Å². The van der Waals surface area contributed by atoms with E-state index in [2.05, 4.69) is 20.9 Å². The summed E-state index contributed by atoms with van der Waals surface area (Å²) >= 11 is 15.5. The van der Waals surface area contributed by atoms with Gasteiger partial charge in [-0.05, 0) is 13.0 Å². The number of aryl methyl sites for hydroxylation is 1. The van der Waals surface area contributed by atoms with Gasteiger partial charge in [-0.3, -0.25) is 4.79 Å². The highest BCUT2D eigenvalue weighted by Crippen LogP contribution is 2.35. The van der Waals surface area contributed by atoms with Crippen molar-refractivity contribution < 1.29 is 14.7 Å². The third kappa shape index (κ3) is 3.93. The Bertz CT molecular complexity index is 921. The van der Waals surface area contributed by atoms with Crippen molar-refractivity contribution in [2.24, 2.45) is 11.8 Å². The third-order valence-corrected chi connectivity index (χ3v) is 6.46. The van der Waals surface area contributed by atoms with Crippen LogP contribution in [0.15, 0.2) is 22.7 Å². The minimum Gasteiger partial charge on any atom is -0.545 e. The highest BCUT2D eigenvalue weighted by Gasteiger charge is 2.38. The van der Waals surface area contributed by atoms with Gasteiger partial charge in [0.05, 0.1) is 16.0 Å². The maximum atomic E-state index is 12.8. The van der Waals surface area contributed by atoms with Crippen LogP contribution in [0.1, 0.15) is 39.4 Å². The average Bonchev–Trinajstić information content (AvgIpc) is 2.88. The number of carboxylic acid groups (broad SMARTS) is 1. The minimum atomic E-state index is -1.26. The van der Waals surface area contributed by atoms with Crippen molar-refractivity contribution in [3.63, 3.8) is 0 Å². The van der Waals surface area contributed by atoms with Crippen LogP contribution in [0.3, 0.4) is 0 Å². The summed E-state index contributed by atoms with van der Waals surface area (Å²) in [7, 11) is 0. The summed E-state index contributed by atoms with van der Waals surface area (Å²) in [5.74, 6) is 4.95. The fourth-order valence-corrected chi connectivity index (χ4v) is 4.35. The van der Waals surface area contributed by atoms with Crippen molar-refractivity contribution in [2.75, 3.05) is 13.1 Å². The quantitative estimate of drug-likeness (QED) is 0.403. The SMILES string of the molecule is Cc1[nH]c(C(=O)C2CC[N+](N)(c3cc(Br)cc(C(=O)[O-])c3)CC2)c(Cl)c1Cl. The molecule has 1 aromatic carbocycles. The number of benzene rings is 1. The highest BCUT2D eigenvalue weighted by molar-refractivity contribution is 9.10. The van der Waals surface area contributed by atoms with Crippen LogP contribution in [0, 0.1) is 12.8 Å². The van der Waals surface area contributed by atoms with Gasteiger partial charge in [0.25, 0.3) is 0 Å². The number of carbonyl (C=O) groups excluding carboxylic acids is 2. The first kappa shape index (κ1) is 20.4. The molecule has 3 N–H and O–H groups in total. The number of halogens is 3. The Morgan fingerprint density at radius 3 is 2.37 bits per heavy atom. The predicted octanol–water partition coefficient (Wildman–Crippen LogP) is 3.23. The molecule has 27 heavy (non-hydrogen) atoms. The number of ketones is 1. The second-order valence-electron chi connectivity index (χ2n) is 6.86. The molecule has 2 heterocycles. The van der Waals surface area contributed by atoms with E-state index in [9.17, 15) is 14.7 Å². The van der Waals surface area contributed by atoms with E-state index in [-0.39, 0.29) is 26.9 Å². The van der Waals surface area contributed by atoms with E-state index < -0.39 is 5.97 Å². The number of H-pyrrole nitrogens is 1.